The van der Waals surface area contributed by atoms with Gasteiger partial charge in [-0.15, -0.1) is 0 Å². The number of hydrogen-bond acceptors (Lipinski definition) is 3. The van der Waals surface area contributed by atoms with E-state index in [1.54, 1.807) is 7.11 Å². The van der Waals surface area contributed by atoms with Gasteiger partial charge in [0.25, 0.3) is 0 Å². The molecule has 6 heteroatoms. The summed E-state index contributed by atoms with van der Waals surface area (Å²) in [6, 6.07) is 11.4. The SMILES string of the molecule is COc1ccc(Br)c(Nc2cccc(Br)c2C(N)=S)c1. The molecule has 2 aromatic rings. The second-order valence-electron chi connectivity index (χ2n) is 4.00. The van der Waals surface area contributed by atoms with Crippen molar-refractivity contribution in [2.45, 2.75) is 0 Å². The van der Waals surface area contributed by atoms with Crippen LogP contribution in [0.4, 0.5) is 11.4 Å². The predicted octanol–water partition coefficient (Wildman–Crippen LogP) is 4.60. The fraction of sp³-hybridized carbons (Fsp3) is 0.0714. The maximum Gasteiger partial charge on any atom is 0.121 e. The monoisotopic (exact) mass is 414 g/mol. The average Bonchev–Trinajstić information content (AvgIpc) is 2.41. The van der Waals surface area contributed by atoms with Crippen LogP contribution < -0.4 is 15.8 Å². The Hall–Kier alpha value is -1.11. The average molecular weight is 416 g/mol. The summed E-state index contributed by atoms with van der Waals surface area (Å²) < 4.78 is 7.01. The summed E-state index contributed by atoms with van der Waals surface area (Å²) in [5, 5.41) is 3.31. The van der Waals surface area contributed by atoms with Gasteiger partial charge < -0.3 is 15.8 Å². The molecule has 2 aromatic carbocycles. The molecule has 0 heterocycles. The van der Waals surface area contributed by atoms with Crippen LogP contribution >= 0.6 is 44.1 Å². The van der Waals surface area contributed by atoms with Gasteiger partial charge in [-0.25, -0.2) is 0 Å². The van der Waals surface area contributed by atoms with Crippen molar-refractivity contribution in [1.82, 2.24) is 0 Å². The van der Waals surface area contributed by atoms with E-state index in [-0.39, 0.29) is 0 Å². The van der Waals surface area contributed by atoms with E-state index < -0.39 is 0 Å². The van der Waals surface area contributed by atoms with Gasteiger partial charge in [-0.05, 0) is 56.1 Å². The van der Waals surface area contributed by atoms with Crippen molar-refractivity contribution in [2.75, 3.05) is 12.4 Å². The Bertz CT molecular complexity index is 662. The van der Waals surface area contributed by atoms with E-state index in [4.69, 9.17) is 22.7 Å². The van der Waals surface area contributed by atoms with Crippen LogP contribution in [0, 0.1) is 0 Å². The van der Waals surface area contributed by atoms with Crippen molar-refractivity contribution in [3.63, 3.8) is 0 Å². The van der Waals surface area contributed by atoms with E-state index in [1.165, 1.54) is 0 Å². The van der Waals surface area contributed by atoms with Gasteiger partial charge in [-0.2, -0.15) is 0 Å². The van der Waals surface area contributed by atoms with E-state index in [0.29, 0.717) is 4.99 Å². The summed E-state index contributed by atoms with van der Waals surface area (Å²) in [5.41, 5.74) is 8.27. The lowest BCUT2D eigenvalue weighted by Gasteiger charge is -2.14. The summed E-state index contributed by atoms with van der Waals surface area (Å²) in [6.07, 6.45) is 0. The molecule has 0 fully saturated rings. The first-order valence-corrected chi connectivity index (χ1v) is 7.71. The van der Waals surface area contributed by atoms with Crippen LogP contribution in [-0.4, -0.2) is 12.1 Å². The molecule has 0 aliphatic carbocycles. The van der Waals surface area contributed by atoms with Gasteiger partial charge in [0.1, 0.15) is 10.7 Å². The molecule has 104 valence electrons. The minimum atomic E-state index is 0.332. The number of methoxy groups -OCH3 is 1. The molecule has 0 unspecified atom stereocenters. The van der Waals surface area contributed by atoms with Crippen LogP contribution in [0.5, 0.6) is 5.75 Å². The normalized spacial score (nSPS) is 10.2. The Morgan fingerprint density at radius 1 is 1.15 bits per heavy atom. The van der Waals surface area contributed by atoms with Crippen molar-refractivity contribution in [3.8, 4) is 5.75 Å². The van der Waals surface area contributed by atoms with Gasteiger partial charge in [-0.1, -0.05) is 18.3 Å². The lowest BCUT2D eigenvalue weighted by molar-refractivity contribution is 0.415. The molecule has 0 saturated carbocycles. The standard InChI is InChI=1S/C14H12Br2N2OS/c1-19-8-5-6-9(15)12(7-8)18-11-4-2-3-10(16)13(11)14(17)20/h2-7,18H,1H3,(H2,17,20). The third kappa shape index (κ3) is 3.31. The summed E-state index contributed by atoms with van der Waals surface area (Å²) in [6.45, 7) is 0. The van der Waals surface area contributed by atoms with Crippen LogP contribution in [0.1, 0.15) is 5.56 Å². The van der Waals surface area contributed by atoms with Gasteiger partial charge in [0, 0.05) is 26.3 Å². The highest BCUT2D eigenvalue weighted by Crippen LogP contribution is 2.33. The van der Waals surface area contributed by atoms with Crippen LogP contribution in [0.3, 0.4) is 0 Å². The first kappa shape index (κ1) is 15.3. The number of benzene rings is 2. The van der Waals surface area contributed by atoms with Gasteiger partial charge in [-0.3, -0.25) is 0 Å². The summed E-state index contributed by atoms with van der Waals surface area (Å²) in [7, 11) is 1.63. The van der Waals surface area contributed by atoms with Crippen LogP contribution in [0.15, 0.2) is 45.3 Å². The second-order valence-corrected chi connectivity index (χ2v) is 6.15. The third-order valence-electron chi connectivity index (χ3n) is 2.70. The fourth-order valence-electron chi connectivity index (χ4n) is 1.75. The second kappa shape index (κ2) is 6.56. The molecule has 0 amide bonds. The molecule has 20 heavy (non-hydrogen) atoms. The minimum absolute atomic E-state index is 0.332. The number of nitrogens with two attached hydrogens (primary N) is 1. The molecular weight excluding hydrogens is 404 g/mol. The number of ether oxygens (including phenoxy) is 1. The molecule has 3 nitrogen and oxygen atoms in total. The fourth-order valence-corrected chi connectivity index (χ4v) is 3.03. The molecular formula is C14H12Br2N2OS. The van der Waals surface area contributed by atoms with Crippen molar-refractivity contribution >= 4 is 60.4 Å². The Labute approximate surface area is 139 Å². The zero-order valence-corrected chi connectivity index (χ0v) is 14.6. The van der Waals surface area contributed by atoms with Gasteiger partial charge in [0.15, 0.2) is 0 Å². The highest BCUT2D eigenvalue weighted by Gasteiger charge is 2.11. The first-order chi connectivity index (χ1) is 9.52. The molecule has 0 spiro atoms. The number of nitrogens with one attached hydrogen (secondary N) is 1. The highest BCUT2D eigenvalue weighted by molar-refractivity contribution is 9.11. The number of thiocarbonyl (C=S) groups is 1. The van der Waals surface area contributed by atoms with Crippen molar-refractivity contribution < 1.29 is 4.74 Å². The van der Waals surface area contributed by atoms with Gasteiger partial charge in [0.05, 0.1) is 12.8 Å². The van der Waals surface area contributed by atoms with E-state index in [1.807, 2.05) is 36.4 Å². The quantitative estimate of drug-likeness (QED) is 0.716. The molecule has 0 bridgehead atoms. The Morgan fingerprint density at radius 2 is 1.90 bits per heavy atom. The van der Waals surface area contributed by atoms with Crippen LogP contribution in [-0.2, 0) is 0 Å². The van der Waals surface area contributed by atoms with E-state index in [0.717, 1.165) is 31.6 Å². The number of rotatable bonds is 4. The Kier molecular flexibility index (Phi) is 5.01. The number of anilines is 2. The Morgan fingerprint density at radius 3 is 2.55 bits per heavy atom. The molecule has 0 aromatic heterocycles. The lowest BCUT2D eigenvalue weighted by Crippen LogP contribution is -2.12. The smallest absolute Gasteiger partial charge is 0.121 e. The molecule has 0 atom stereocenters. The molecule has 0 aliphatic heterocycles. The van der Waals surface area contributed by atoms with Gasteiger partial charge in [0.2, 0.25) is 0 Å². The predicted molar refractivity (Wildman–Crippen MR) is 94.0 cm³/mol. The third-order valence-corrected chi connectivity index (χ3v) is 4.26. The molecule has 2 rings (SSSR count). The Balaban J connectivity index is 2.45. The highest BCUT2D eigenvalue weighted by atomic mass is 79.9. The zero-order valence-electron chi connectivity index (χ0n) is 10.6. The summed E-state index contributed by atoms with van der Waals surface area (Å²) in [4.78, 5) is 0.332. The van der Waals surface area contributed by atoms with Gasteiger partial charge >= 0.3 is 0 Å². The van der Waals surface area contributed by atoms with Crippen molar-refractivity contribution in [3.05, 3.63) is 50.9 Å². The molecule has 0 saturated heterocycles. The molecule has 0 aliphatic rings. The number of hydrogen-bond donors (Lipinski definition) is 2. The topological polar surface area (TPSA) is 47.3 Å². The maximum absolute atomic E-state index is 5.79. The zero-order chi connectivity index (χ0) is 14.7. The lowest BCUT2D eigenvalue weighted by atomic mass is 10.1. The van der Waals surface area contributed by atoms with E-state index in [9.17, 15) is 0 Å². The summed E-state index contributed by atoms with van der Waals surface area (Å²) in [5.74, 6) is 0.766. The van der Waals surface area contributed by atoms with Crippen molar-refractivity contribution in [2.24, 2.45) is 5.73 Å². The van der Waals surface area contributed by atoms with Crippen molar-refractivity contribution in [1.29, 1.82) is 0 Å². The number of halogens is 2. The summed E-state index contributed by atoms with van der Waals surface area (Å²) >= 11 is 12.1. The molecule has 0 radical (unpaired) electrons. The maximum atomic E-state index is 5.79. The largest absolute Gasteiger partial charge is 0.497 e. The van der Waals surface area contributed by atoms with Crippen LogP contribution in [0.25, 0.3) is 0 Å². The van der Waals surface area contributed by atoms with E-state index >= 15 is 0 Å². The van der Waals surface area contributed by atoms with Crippen LogP contribution in [0.2, 0.25) is 0 Å². The molecule has 3 N–H and O–H groups in total. The minimum Gasteiger partial charge on any atom is -0.497 e. The van der Waals surface area contributed by atoms with E-state index in [2.05, 4.69) is 37.2 Å². The first-order valence-electron chi connectivity index (χ1n) is 5.72.